The molecule has 1 aromatic heterocycles. The predicted molar refractivity (Wildman–Crippen MR) is 120 cm³/mol. The molecule has 3 aromatic carbocycles. The lowest BCUT2D eigenvalue weighted by Gasteiger charge is -2.04. The van der Waals surface area contributed by atoms with E-state index in [0.29, 0.717) is 5.56 Å². The lowest BCUT2D eigenvalue weighted by molar-refractivity contribution is 0.415. The first-order valence-corrected chi connectivity index (χ1v) is 10.1. The van der Waals surface area contributed by atoms with Crippen LogP contribution in [0.4, 0.5) is 5.69 Å². The third-order valence-electron chi connectivity index (χ3n) is 4.41. The molecule has 0 spiro atoms. The van der Waals surface area contributed by atoms with E-state index in [4.69, 9.17) is 20.1 Å². The van der Waals surface area contributed by atoms with Gasteiger partial charge in [0.2, 0.25) is 4.80 Å². The SMILES string of the molecule is COc1ccc(N=c2scc(-c3ccccc3)n2/N=C\c2ccc(C#N)cc2)cc1. The van der Waals surface area contributed by atoms with E-state index in [1.807, 2.05) is 76.8 Å². The number of methoxy groups -OCH3 is 1. The number of benzene rings is 3. The molecule has 0 bridgehead atoms. The van der Waals surface area contributed by atoms with E-state index in [9.17, 15) is 0 Å². The summed E-state index contributed by atoms with van der Waals surface area (Å²) >= 11 is 1.53. The number of thiazole rings is 1. The molecule has 0 unspecified atom stereocenters. The van der Waals surface area contributed by atoms with Crippen LogP contribution < -0.4 is 9.54 Å². The largest absolute Gasteiger partial charge is 0.497 e. The van der Waals surface area contributed by atoms with Crippen LogP contribution in [0, 0.1) is 11.3 Å². The van der Waals surface area contributed by atoms with E-state index in [-0.39, 0.29) is 0 Å². The maximum Gasteiger partial charge on any atom is 0.211 e. The van der Waals surface area contributed by atoms with E-state index < -0.39 is 0 Å². The minimum Gasteiger partial charge on any atom is -0.497 e. The van der Waals surface area contributed by atoms with Crippen molar-refractivity contribution in [1.29, 1.82) is 5.26 Å². The first-order valence-electron chi connectivity index (χ1n) is 9.26. The van der Waals surface area contributed by atoms with E-state index in [1.165, 1.54) is 11.3 Å². The highest BCUT2D eigenvalue weighted by molar-refractivity contribution is 7.07. The molecule has 0 aliphatic rings. The summed E-state index contributed by atoms with van der Waals surface area (Å²) in [4.78, 5) is 5.53. The van der Waals surface area contributed by atoms with Crippen molar-refractivity contribution in [3.63, 3.8) is 0 Å². The molecule has 6 heteroatoms. The maximum absolute atomic E-state index is 8.97. The Morgan fingerprint density at radius 3 is 2.37 bits per heavy atom. The van der Waals surface area contributed by atoms with Gasteiger partial charge in [-0.3, -0.25) is 0 Å². The second-order valence-electron chi connectivity index (χ2n) is 6.37. The topological polar surface area (TPSA) is 62.7 Å². The van der Waals surface area contributed by atoms with Gasteiger partial charge in [0.05, 0.1) is 36.3 Å². The first kappa shape index (κ1) is 19.4. The number of hydrogen-bond donors (Lipinski definition) is 0. The monoisotopic (exact) mass is 410 g/mol. The summed E-state index contributed by atoms with van der Waals surface area (Å²) in [5, 5.41) is 15.7. The lowest BCUT2D eigenvalue weighted by atomic mass is 10.2. The van der Waals surface area contributed by atoms with E-state index >= 15 is 0 Å². The smallest absolute Gasteiger partial charge is 0.211 e. The van der Waals surface area contributed by atoms with Gasteiger partial charge < -0.3 is 4.74 Å². The Hall–Kier alpha value is -3.95. The molecule has 0 fully saturated rings. The summed E-state index contributed by atoms with van der Waals surface area (Å²) in [6.07, 6.45) is 1.77. The highest BCUT2D eigenvalue weighted by atomic mass is 32.1. The number of nitriles is 1. The molecule has 1 heterocycles. The zero-order valence-electron chi connectivity index (χ0n) is 16.3. The molecule has 0 radical (unpaired) electrons. The van der Waals surface area contributed by atoms with Gasteiger partial charge in [-0.05, 0) is 42.0 Å². The molecule has 0 N–H and O–H groups in total. The Labute approximate surface area is 178 Å². The van der Waals surface area contributed by atoms with Crippen molar-refractivity contribution in [1.82, 2.24) is 4.68 Å². The van der Waals surface area contributed by atoms with Gasteiger partial charge >= 0.3 is 0 Å². The molecular formula is C24H18N4OS. The Morgan fingerprint density at radius 2 is 1.70 bits per heavy atom. The zero-order chi connectivity index (χ0) is 20.8. The van der Waals surface area contributed by atoms with E-state index in [1.54, 1.807) is 25.5 Å². The molecule has 4 rings (SSSR count). The van der Waals surface area contributed by atoms with Crippen molar-refractivity contribution in [2.75, 3.05) is 7.11 Å². The third kappa shape index (κ3) is 4.37. The summed E-state index contributed by atoms with van der Waals surface area (Å²) in [6.45, 7) is 0. The molecule has 0 saturated carbocycles. The van der Waals surface area contributed by atoms with Crippen molar-refractivity contribution < 1.29 is 4.74 Å². The summed E-state index contributed by atoms with van der Waals surface area (Å²) < 4.78 is 7.06. The quantitative estimate of drug-likeness (QED) is 0.424. The van der Waals surface area contributed by atoms with Gasteiger partial charge in [-0.1, -0.05) is 42.5 Å². The second kappa shape index (κ2) is 9.03. The summed E-state index contributed by atoms with van der Waals surface area (Å²) in [5.74, 6) is 0.789. The lowest BCUT2D eigenvalue weighted by Crippen LogP contribution is -2.11. The van der Waals surface area contributed by atoms with Crippen LogP contribution in [0.25, 0.3) is 11.3 Å². The molecular weight excluding hydrogens is 392 g/mol. The fourth-order valence-corrected chi connectivity index (χ4v) is 3.69. The fourth-order valence-electron chi connectivity index (χ4n) is 2.83. The standard InChI is InChI=1S/C24H18N4OS/c1-29-22-13-11-21(12-14-22)27-24-28(23(17-30-24)20-5-3-2-4-6-20)26-16-19-9-7-18(15-25)8-10-19/h2-14,16-17H,1H3/b26-16-,27-24?. The number of rotatable bonds is 5. The minimum absolute atomic E-state index is 0.621. The summed E-state index contributed by atoms with van der Waals surface area (Å²) in [6, 6.07) is 27.1. The normalized spacial score (nSPS) is 11.5. The number of hydrogen-bond acceptors (Lipinski definition) is 5. The summed E-state index contributed by atoms with van der Waals surface area (Å²) in [5.41, 5.74) is 4.36. The second-order valence-corrected chi connectivity index (χ2v) is 7.21. The Morgan fingerprint density at radius 1 is 0.967 bits per heavy atom. The van der Waals surface area contributed by atoms with Crippen molar-refractivity contribution in [2.45, 2.75) is 0 Å². The third-order valence-corrected chi connectivity index (χ3v) is 5.23. The van der Waals surface area contributed by atoms with Crippen molar-refractivity contribution in [2.24, 2.45) is 10.1 Å². The average Bonchev–Trinajstić information content (AvgIpc) is 3.21. The zero-order valence-corrected chi connectivity index (χ0v) is 17.1. The van der Waals surface area contributed by atoms with Crippen LogP contribution in [0.3, 0.4) is 0 Å². The molecule has 5 nitrogen and oxygen atoms in total. The van der Waals surface area contributed by atoms with Gasteiger partial charge in [0, 0.05) is 10.9 Å². The molecule has 0 amide bonds. The van der Waals surface area contributed by atoms with E-state index in [0.717, 1.165) is 33.1 Å². The van der Waals surface area contributed by atoms with Gasteiger partial charge in [-0.25, -0.2) is 9.67 Å². The molecule has 4 aromatic rings. The van der Waals surface area contributed by atoms with Gasteiger partial charge in [-0.2, -0.15) is 10.4 Å². The van der Waals surface area contributed by atoms with Gasteiger partial charge in [-0.15, -0.1) is 11.3 Å². The van der Waals surface area contributed by atoms with Crippen LogP contribution >= 0.6 is 11.3 Å². The highest BCUT2D eigenvalue weighted by Crippen LogP contribution is 2.21. The van der Waals surface area contributed by atoms with Crippen LogP contribution in [0.5, 0.6) is 5.75 Å². The number of aromatic nitrogens is 1. The molecule has 30 heavy (non-hydrogen) atoms. The van der Waals surface area contributed by atoms with Crippen molar-refractivity contribution >= 4 is 23.2 Å². The summed E-state index contributed by atoms with van der Waals surface area (Å²) in [7, 11) is 1.64. The Bertz CT molecular complexity index is 1260. The molecule has 0 saturated heterocycles. The predicted octanol–water partition coefficient (Wildman–Crippen LogP) is 5.21. The van der Waals surface area contributed by atoms with Crippen molar-refractivity contribution in [3.05, 3.63) is 100 Å². The Kier molecular flexibility index (Phi) is 5.83. The number of nitrogens with zero attached hydrogens (tertiary/aromatic N) is 4. The van der Waals surface area contributed by atoms with Crippen molar-refractivity contribution in [3.8, 4) is 23.1 Å². The van der Waals surface area contributed by atoms with Gasteiger partial charge in [0.25, 0.3) is 0 Å². The molecule has 0 atom stereocenters. The van der Waals surface area contributed by atoms with Crippen LogP contribution in [-0.4, -0.2) is 18.0 Å². The van der Waals surface area contributed by atoms with Crippen LogP contribution in [0.15, 0.2) is 94.3 Å². The average molecular weight is 411 g/mol. The Balaban J connectivity index is 1.78. The fraction of sp³-hybridized carbons (Fsp3) is 0.0417. The molecule has 0 aliphatic heterocycles. The van der Waals surface area contributed by atoms with Gasteiger partial charge in [0.15, 0.2) is 0 Å². The van der Waals surface area contributed by atoms with Crippen LogP contribution in [0.1, 0.15) is 11.1 Å². The van der Waals surface area contributed by atoms with Crippen LogP contribution in [0.2, 0.25) is 0 Å². The number of ether oxygens (including phenoxy) is 1. The maximum atomic E-state index is 8.97. The highest BCUT2D eigenvalue weighted by Gasteiger charge is 2.07. The first-order chi connectivity index (χ1) is 14.8. The van der Waals surface area contributed by atoms with E-state index in [2.05, 4.69) is 6.07 Å². The molecule has 146 valence electrons. The minimum atomic E-state index is 0.621. The molecule has 0 aliphatic carbocycles. The van der Waals surface area contributed by atoms with Crippen LogP contribution in [-0.2, 0) is 0 Å². The van der Waals surface area contributed by atoms with Gasteiger partial charge in [0.1, 0.15) is 5.75 Å².